The second-order valence-electron chi connectivity index (χ2n) is 12.0. The van der Waals surface area contributed by atoms with E-state index >= 15 is 0 Å². The van der Waals surface area contributed by atoms with Crippen molar-refractivity contribution in [1.29, 1.82) is 0 Å². The zero-order valence-electron chi connectivity index (χ0n) is 24.8. The van der Waals surface area contributed by atoms with Crippen molar-refractivity contribution in [3.8, 4) is 0 Å². The summed E-state index contributed by atoms with van der Waals surface area (Å²) in [6.45, 7) is 3.59. The first-order valence-corrected chi connectivity index (χ1v) is 16.7. The fraction of sp³-hybridized carbons (Fsp3) is 0.455. The number of pyridine rings is 1. The van der Waals surface area contributed by atoms with E-state index in [9.17, 15) is 22.7 Å². The second kappa shape index (κ2) is 14.8. The quantitative estimate of drug-likeness (QED) is 0.245. The van der Waals surface area contributed by atoms with Crippen LogP contribution >= 0.6 is 11.6 Å². The molecule has 1 fully saturated rings. The topological polar surface area (TPSA) is 99.6 Å². The van der Waals surface area contributed by atoms with Crippen LogP contribution in [0.3, 0.4) is 0 Å². The molecule has 1 heterocycles. The van der Waals surface area contributed by atoms with Crippen molar-refractivity contribution < 1.29 is 22.7 Å². The standard InChI is InChI=1S/C33H41ClFN3O4S/c1-24(2)22-38(43(41,42)26-14-15-28(35)27(34)20-26)23-30(39)29(19-25-11-5-3-6-12-25)37-32(40)21-33(16-8-4-9-17-33)31-13-7-10-18-36-31/h3,5-7,10-15,18,20,24,29-30,39H,4,8-9,16-17,19,21-23H2,1-2H3,(H,37,40)/t29?,30-/m1/s1. The highest BCUT2D eigenvalue weighted by molar-refractivity contribution is 7.89. The van der Waals surface area contributed by atoms with Crippen LogP contribution in [0.15, 0.2) is 77.8 Å². The molecular weight excluding hydrogens is 589 g/mol. The average molecular weight is 630 g/mol. The van der Waals surface area contributed by atoms with E-state index in [0.717, 1.165) is 55.5 Å². The molecule has 0 bridgehead atoms. The molecule has 1 aliphatic rings. The van der Waals surface area contributed by atoms with Crippen LogP contribution < -0.4 is 5.32 Å². The highest BCUT2D eigenvalue weighted by Crippen LogP contribution is 2.41. The van der Waals surface area contributed by atoms with Crippen LogP contribution in [-0.2, 0) is 26.7 Å². The third-order valence-electron chi connectivity index (χ3n) is 8.12. The summed E-state index contributed by atoms with van der Waals surface area (Å²) in [5, 5.41) is 14.3. The molecule has 4 rings (SSSR count). The van der Waals surface area contributed by atoms with E-state index in [2.05, 4.69) is 10.3 Å². The minimum atomic E-state index is -4.13. The van der Waals surface area contributed by atoms with Gasteiger partial charge in [-0.2, -0.15) is 4.31 Å². The zero-order chi connectivity index (χ0) is 31.0. The first-order chi connectivity index (χ1) is 20.5. The number of benzene rings is 2. The summed E-state index contributed by atoms with van der Waals surface area (Å²) in [4.78, 5) is 18.2. The number of rotatable bonds is 13. The molecule has 3 aromatic rings. The van der Waals surface area contributed by atoms with E-state index in [1.165, 1.54) is 10.4 Å². The molecule has 2 N–H and O–H groups in total. The van der Waals surface area contributed by atoms with Gasteiger partial charge >= 0.3 is 0 Å². The Bertz CT molecular complexity index is 1450. The van der Waals surface area contributed by atoms with Gasteiger partial charge in [-0.15, -0.1) is 0 Å². The fourth-order valence-electron chi connectivity index (χ4n) is 5.95. The summed E-state index contributed by atoms with van der Waals surface area (Å²) in [6, 6.07) is 17.7. The lowest BCUT2D eigenvalue weighted by Crippen LogP contribution is -2.52. The molecule has 0 aliphatic heterocycles. The lowest BCUT2D eigenvalue weighted by molar-refractivity contribution is -0.124. The highest BCUT2D eigenvalue weighted by Gasteiger charge is 2.38. The maximum absolute atomic E-state index is 13.8. The normalized spacial score (nSPS) is 16.6. The van der Waals surface area contributed by atoms with Gasteiger partial charge in [0, 0.05) is 36.8 Å². The number of carbonyl (C=O) groups excluding carboxylic acids is 1. The number of halogens is 2. The summed E-state index contributed by atoms with van der Waals surface area (Å²) < 4.78 is 42.4. The highest BCUT2D eigenvalue weighted by atomic mass is 35.5. The number of amides is 1. The summed E-state index contributed by atoms with van der Waals surface area (Å²) >= 11 is 5.91. The number of aromatic nitrogens is 1. The molecule has 0 radical (unpaired) electrons. The minimum Gasteiger partial charge on any atom is -0.390 e. The van der Waals surface area contributed by atoms with Gasteiger partial charge in [0.2, 0.25) is 15.9 Å². The molecule has 0 saturated heterocycles. The van der Waals surface area contributed by atoms with Gasteiger partial charge in [-0.05, 0) is 61.1 Å². The Morgan fingerprint density at radius 3 is 2.37 bits per heavy atom. The van der Waals surface area contributed by atoms with Gasteiger partial charge in [0.05, 0.1) is 22.1 Å². The Labute approximate surface area is 259 Å². The molecule has 7 nitrogen and oxygen atoms in total. The summed E-state index contributed by atoms with van der Waals surface area (Å²) in [6.07, 6.45) is 5.89. The number of aliphatic hydroxyl groups excluding tert-OH is 1. The molecular formula is C33H41ClFN3O4S. The van der Waals surface area contributed by atoms with Crippen LogP contribution in [0, 0.1) is 11.7 Å². The molecule has 10 heteroatoms. The fourth-order valence-corrected chi connectivity index (χ4v) is 7.84. The third-order valence-corrected chi connectivity index (χ3v) is 10.2. The Hall–Kier alpha value is -2.85. The summed E-state index contributed by atoms with van der Waals surface area (Å²) in [7, 11) is -4.13. The van der Waals surface area contributed by atoms with Crippen molar-refractivity contribution in [2.75, 3.05) is 13.1 Å². The Morgan fingerprint density at radius 1 is 1.05 bits per heavy atom. The molecule has 1 saturated carbocycles. The van der Waals surface area contributed by atoms with Crippen molar-refractivity contribution in [2.24, 2.45) is 5.92 Å². The van der Waals surface area contributed by atoms with Crippen molar-refractivity contribution >= 4 is 27.5 Å². The van der Waals surface area contributed by atoms with E-state index in [-0.39, 0.29) is 46.7 Å². The predicted molar refractivity (Wildman–Crippen MR) is 167 cm³/mol. The Balaban J connectivity index is 1.59. The van der Waals surface area contributed by atoms with E-state index in [0.29, 0.717) is 6.42 Å². The van der Waals surface area contributed by atoms with Crippen LogP contribution in [0.25, 0.3) is 0 Å². The number of nitrogens with zero attached hydrogens (tertiary/aromatic N) is 2. The van der Waals surface area contributed by atoms with Crippen LogP contribution in [0.4, 0.5) is 4.39 Å². The van der Waals surface area contributed by atoms with Crippen LogP contribution in [0.1, 0.15) is 63.6 Å². The number of carbonyl (C=O) groups is 1. The van der Waals surface area contributed by atoms with Crippen molar-refractivity contribution in [3.63, 3.8) is 0 Å². The van der Waals surface area contributed by atoms with Crippen molar-refractivity contribution in [2.45, 2.75) is 81.2 Å². The molecule has 2 atom stereocenters. The van der Waals surface area contributed by atoms with E-state index in [4.69, 9.17) is 11.6 Å². The van der Waals surface area contributed by atoms with E-state index in [1.807, 2.05) is 62.4 Å². The maximum Gasteiger partial charge on any atom is 0.243 e. The van der Waals surface area contributed by atoms with Crippen LogP contribution in [0.2, 0.25) is 5.02 Å². The van der Waals surface area contributed by atoms with E-state index < -0.39 is 28.0 Å². The molecule has 1 unspecified atom stereocenters. The average Bonchev–Trinajstić information content (AvgIpc) is 2.99. The van der Waals surface area contributed by atoms with E-state index in [1.54, 1.807) is 6.20 Å². The van der Waals surface area contributed by atoms with Crippen molar-refractivity contribution in [3.05, 3.63) is 95.0 Å². The number of nitrogens with one attached hydrogen (secondary N) is 1. The van der Waals surface area contributed by atoms with Gasteiger partial charge in [-0.25, -0.2) is 12.8 Å². The predicted octanol–water partition coefficient (Wildman–Crippen LogP) is 5.90. The molecule has 232 valence electrons. The largest absolute Gasteiger partial charge is 0.390 e. The van der Waals surface area contributed by atoms with Crippen molar-refractivity contribution in [1.82, 2.24) is 14.6 Å². The van der Waals surface area contributed by atoms with Gasteiger partial charge in [-0.1, -0.05) is 81.1 Å². The SMILES string of the molecule is CC(C)CN(C[C@@H](O)C(Cc1ccccc1)NC(=O)CC1(c2ccccn2)CCCCC1)S(=O)(=O)c1ccc(F)c(Cl)c1. The number of hydrogen-bond acceptors (Lipinski definition) is 5. The van der Waals surface area contributed by atoms with Gasteiger partial charge < -0.3 is 10.4 Å². The van der Waals surface area contributed by atoms with Gasteiger partial charge in [0.15, 0.2) is 0 Å². The maximum atomic E-state index is 13.8. The molecule has 1 amide bonds. The minimum absolute atomic E-state index is 0.0652. The second-order valence-corrected chi connectivity index (χ2v) is 14.3. The molecule has 2 aromatic carbocycles. The Morgan fingerprint density at radius 2 is 1.74 bits per heavy atom. The summed E-state index contributed by atoms with van der Waals surface area (Å²) in [5.41, 5.74) is 1.41. The number of sulfonamides is 1. The van der Waals surface area contributed by atoms with Gasteiger partial charge in [-0.3, -0.25) is 9.78 Å². The first kappa shape index (κ1) is 33.1. The van der Waals surface area contributed by atoms with Crippen LogP contribution in [0.5, 0.6) is 0 Å². The lowest BCUT2D eigenvalue weighted by atomic mass is 9.69. The monoisotopic (exact) mass is 629 g/mol. The zero-order valence-corrected chi connectivity index (χ0v) is 26.3. The van der Waals surface area contributed by atoms with Gasteiger partial charge in [0.1, 0.15) is 5.82 Å². The Kier molecular flexibility index (Phi) is 11.3. The number of aliphatic hydroxyl groups is 1. The smallest absolute Gasteiger partial charge is 0.243 e. The first-order valence-electron chi connectivity index (χ1n) is 14.9. The molecule has 1 aliphatic carbocycles. The molecule has 43 heavy (non-hydrogen) atoms. The molecule has 0 spiro atoms. The number of hydrogen-bond donors (Lipinski definition) is 2. The van der Waals surface area contributed by atoms with Gasteiger partial charge in [0.25, 0.3) is 0 Å². The van der Waals surface area contributed by atoms with Crippen LogP contribution in [-0.4, -0.2) is 54.0 Å². The third kappa shape index (κ3) is 8.62. The molecule has 1 aromatic heterocycles. The lowest BCUT2D eigenvalue weighted by Gasteiger charge is -2.37. The summed E-state index contributed by atoms with van der Waals surface area (Å²) in [5.74, 6) is -0.996.